The van der Waals surface area contributed by atoms with Crippen molar-refractivity contribution in [2.45, 2.75) is 12.2 Å². The van der Waals surface area contributed by atoms with Gasteiger partial charge in [-0.2, -0.15) is 13.2 Å². The van der Waals surface area contributed by atoms with Gasteiger partial charge in [-0.1, -0.05) is 0 Å². The molecule has 0 spiro atoms. The van der Waals surface area contributed by atoms with Gasteiger partial charge in [-0.05, 0) is 11.4 Å². The van der Waals surface area contributed by atoms with E-state index in [0.29, 0.717) is 11.3 Å². The minimum Gasteiger partial charge on any atom is -0.480 e. The first kappa shape index (κ1) is 11.0. The van der Waals surface area contributed by atoms with Crippen molar-refractivity contribution < 1.29 is 23.1 Å². The highest BCUT2D eigenvalue weighted by atomic mass is 32.1. The number of carbonyl (C=O) groups is 1. The van der Waals surface area contributed by atoms with Crippen molar-refractivity contribution in [3.05, 3.63) is 21.9 Å². The van der Waals surface area contributed by atoms with Crippen LogP contribution in [-0.2, 0) is 11.0 Å². The van der Waals surface area contributed by atoms with E-state index < -0.39 is 28.6 Å². The molecule has 14 heavy (non-hydrogen) atoms. The summed E-state index contributed by atoms with van der Waals surface area (Å²) in [5.74, 6) is -1.48. The van der Waals surface area contributed by atoms with Crippen LogP contribution in [0.5, 0.6) is 0 Å². The number of hydrogen-bond donors (Lipinski definition) is 2. The first-order chi connectivity index (χ1) is 6.34. The van der Waals surface area contributed by atoms with E-state index >= 15 is 0 Å². The van der Waals surface area contributed by atoms with E-state index in [-0.39, 0.29) is 0 Å². The number of carboxylic acids is 1. The topological polar surface area (TPSA) is 63.3 Å². The largest absolute Gasteiger partial charge is 0.480 e. The average molecular weight is 225 g/mol. The van der Waals surface area contributed by atoms with E-state index in [1.165, 1.54) is 5.38 Å². The molecule has 0 saturated heterocycles. The van der Waals surface area contributed by atoms with Crippen molar-refractivity contribution in [3.63, 3.8) is 0 Å². The van der Waals surface area contributed by atoms with Crippen molar-refractivity contribution >= 4 is 17.3 Å². The zero-order valence-electron chi connectivity index (χ0n) is 6.71. The number of nitrogens with two attached hydrogens (primary N) is 1. The lowest BCUT2D eigenvalue weighted by Gasteiger charge is -2.10. The predicted molar refractivity (Wildman–Crippen MR) is 43.9 cm³/mol. The lowest BCUT2D eigenvalue weighted by molar-refractivity contribution is -0.140. The number of alkyl halides is 3. The molecule has 3 nitrogen and oxygen atoms in total. The molecule has 1 aromatic rings. The molecule has 3 N–H and O–H groups in total. The second kappa shape index (κ2) is 3.58. The van der Waals surface area contributed by atoms with Crippen LogP contribution in [0.2, 0.25) is 0 Å². The summed E-state index contributed by atoms with van der Waals surface area (Å²) in [4.78, 5) is 9.44. The Hall–Kier alpha value is -1.08. The second-order valence-corrected chi connectivity index (χ2v) is 3.43. The summed E-state index contributed by atoms with van der Waals surface area (Å²) in [7, 11) is 0. The standard InChI is InChI=1S/C7H6F3NO2S/c8-7(9,10)5-3(1-2-14-5)4(11)6(12)13/h1-2,4H,11H2,(H,12,13)/t4-/m0/s1. The first-order valence-electron chi connectivity index (χ1n) is 3.47. The Morgan fingerprint density at radius 1 is 1.57 bits per heavy atom. The van der Waals surface area contributed by atoms with Crippen LogP contribution in [0.25, 0.3) is 0 Å². The Bertz CT molecular complexity index is 347. The molecule has 0 unspecified atom stereocenters. The van der Waals surface area contributed by atoms with Gasteiger partial charge in [-0.25, -0.2) is 0 Å². The number of rotatable bonds is 2. The molecule has 0 aliphatic rings. The van der Waals surface area contributed by atoms with E-state index in [2.05, 4.69) is 0 Å². The highest BCUT2D eigenvalue weighted by molar-refractivity contribution is 7.10. The molecule has 1 rings (SSSR count). The van der Waals surface area contributed by atoms with Crippen molar-refractivity contribution in [1.82, 2.24) is 0 Å². The number of carboxylic acid groups (broad SMARTS) is 1. The molecule has 1 atom stereocenters. The van der Waals surface area contributed by atoms with Crippen LogP contribution < -0.4 is 5.73 Å². The van der Waals surface area contributed by atoms with Gasteiger partial charge >= 0.3 is 12.1 Å². The van der Waals surface area contributed by atoms with E-state index in [4.69, 9.17) is 10.8 Å². The maximum atomic E-state index is 12.3. The SMILES string of the molecule is N[C@H](C(=O)O)c1ccsc1C(F)(F)F. The van der Waals surface area contributed by atoms with Crippen LogP contribution in [0.15, 0.2) is 11.4 Å². The normalized spacial score (nSPS) is 14.0. The molecular formula is C7H6F3NO2S. The van der Waals surface area contributed by atoms with Crippen LogP contribution in [-0.4, -0.2) is 11.1 Å². The molecule has 1 aromatic heterocycles. The third-order valence-corrected chi connectivity index (χ3v) is 2.53. The third-order valence-electron chi connectivity index (χ3n) is 1.55. The van der Waals surface area contributed by atoms with Crippen LogP contribution in [0.1, 0.15) is 16.5 Å². The molecule has 78 valence electrons. The van der Waals surface area contributed by atoms with Gasteiger partial charge in [0.25, 0.3) is 0 Å². The molecule has 0 fully saturated rings. The summed E-state index contributed by atoms with van der Waals surface area (Å²) in [6, 6.07) is -0.551. The molecule has 0 bridgehead atoms. The van der Waals surface area contributed by atoms with E-state index in [9.17, 15) is 18.0 Å². The van der Waals surface area contributed by atoms with E-state index in [1.54, 1.807) is 0 Å². The Labute approximate surface area is 81.0 Å². The smallest absolute Gasteiger partial charge is 0.425 e. The van der Waals surface area contributed by atoms with Gasteiger partial charge in [0.15, 0.2) is 0 Å². The molecule has 0 saturated carbocycles. The van der Waals surface area contributed by atoms with Gasteiger partial charge < -0.3 is 10.8 Å². The maximum Gasteiger partial charge on any atom is 0.425 e. The van der Waals surface area contributed by atoms with Gasteiger partial charge in [0.1, 0.15) is 10.9 Å². The molecule has 0 amide bonds. The Kier molecular flexibility index (Phi) is 2.81. The maximum absolute atomic E-state index is 12.3. The number of thiophene rings is 1. The highest BCUT2D eigenvalue weighted by Crippen LogP contribution is 2.37. The predicted octanol–water partition coefficient (Wildman–Crippen LogP) is 1.85. The second-order valence-electron chi connectivity index (χ2n) is 2.52. The number of aliphatic carboxylic acids is 1. The van der Waals surface area contributed by atoms with E-state index in [1.807, 2.05) is 0 Å². The number of hydrogen-bond acceptors (Lipinski definition) is 3. The fourth-order valence-electron chi connectivity index (χ4n) is 0.928. The Morgan fingerprint density at radius 2 is 2.14 bits per heavy atom. The molecule has 0 radical (unpaired) electrons. The Morgan fingerprint density at radius 3 is 2.57 bits per heavy atom. The third kappa shape index (κ3) is 2.05. The lowest BCUT2D eigenvalue weighted by Crippen LogP contribution is -2.22. The minimum absolute atomic E-state index is 0.394. The average Bonchev–Trinajstić information content (AvgIpc) is 2.48. The summed E-state index contributed by atoms with van der Waals surface area (Å²) in [5, 5.41) is 9.62. The molecule has 7 heteroatoms. The molecular weight excluding hydrogens is 219 g/mol. The van der Waals surface area contributed by atoms with Crippen LogP contribution in [0, 0.1) is 0 Å². The van der Waals surface area contributed by atoms with Crippen LogP contribution in [0.3, 0.4) is 0 Å². The van der Waals surface area contributed by atoms with Gasteiger partial charge in [-0.15, -0.1) is 11.3 Å². The van der Waals surface area contributed by atoms with Gasteiger partial charge in [0.05, 0.1) is 0 Å². The lowest BCUT2D eigenvalue weighted by atomic mass is 10.1. The zero-order valence-corrected chi connectivity index (χ0v) is 7.52. The fraction of sp³-hybridized carbons (Fsp3) is 0.286. The summed E-state index contributed by atoms with van der Waals surface area (Å²) in [6.07, 6.45) is -4.55. The summed E-state index contributed by atoms with van der Waals surface area (Å²) >= 11 is 0.434. The van der Waals surface area contributed by atoms with Crippen molar-refractivity contribution in [2.75, 3.05) is 0 Å². The van der Waals surface area contributed by atoms with Gasteiger partial charge in [0.2, 0.25) is 0 Å². The number of halogens is 3. The monoisotopic (exact) mass is 225 g/mol. The summed E-state index contributed by atoms with van der Waals surface area (Å²) in [5.41, 5.74) is 4.69. The van der Waals surface area contributed by atoms with Gasteiger partial charge in [-0.3, -0.25) is 4.79 Å². The summed E-state index contributed by atoms with van der Waals surface area (Å²) < 4.78 is 36.8. The Balaban J connectivity index is 3.11. The first-order valence-corrected chi connectivity index (χ1v) is 4.35. The fourth-order valence-corrected chi connectivity index (χ4v) is 1.74. The molecule has 0 aromatic carbocycles. The van der Waals surface area contributed by atoms with Gasteiger partial charge in [0, 0.05) is 5.56 Å². The quantitative estimate of drug-likeness (QED) is 0.807. The summed E-state index contributed by atoms with van der Waals surface area (Å²) in [6.45, 7) is 0. The van der Waals surface area contributed by atoms with Crippen molar-refractivity contribution in [1.29, 1.82) is 0 Å². The van der Waals surface area contributed by atoms with E-state index in [0.717, 1.165) is 6.07 Å². The highest BCUT2D eigenvalue weighted by Gasteiger charge is 2.37. The molecule has 0 aliphatic carbocycles. The molecule has 0 aliphatic heterocycles. The van der Waals surface area contributed by atoms with Crippen molar-refractivity contribution in [2.24, 2.45) is 5.73 Å². The minimum atomic E-state index is -4.55. The molecule has 1 heterocycles. The van der Waals surface area contributed by atoms with Crippen LogP contribution >= 0.6 is 11.3 Å². The van der Waals surface area contributed by atoms with Crippen LogP contribution in [0.4, 0.5) is 13.2 Å². The van der Waals surface area contributed by atoms with Crippen molar-refractivity contribution in [3.8, 4) is 0 Å². The zero-order chi connectivity index (χ0) is 10.9.